The molecule has 14 heteroatoms. The van der Waals surface area contributed by atoms with E-state index < -0.39 is 55.5 Å². The zero-order valence-corrected chi connectivity index (χ0v) is 32.2. The van der Waals surface area contributed by atoms with Gasteiger partial charge >= 0.3 is 24.1 Å². The smallest absolute Gasteiger partial charge is 0.408 e. The van der Waals surface area contributed by atoms with Crippen molar-refractivity contribution < 1.29 is 43.2 Å². The minimum absolute atomic E-state index is 0.0231. The van der Waals surface area contributed by atoms with Crippen LogP contribution in [0.4, 0.5) is 9.59 Å². The number of fused-ring (bicyclic) bond motifs is 1. The summed E-state index contributed by atoms with van der Waals surface area (Å²) < 4.78 is 22.3. The van der Waals surface area contributed by atoms with Gasteiger partial charge in [-0.3, -0.25) is 0 Å². The zero-order chi connectivity index (χ0) is 37.3. The molecule has 2 atom stereocenters. The van der Waals surface area contributed by atoms with Crippen molar-refractivity contribution in [1.82, 2.24) is 15.6 Å². The molecule has 2 aromatic carbocycles. The summed E-state index contributed by atoms with van der Waals surface area (Å²) in [7, 11) is -1.47. The van der Waals surface area contributed by atoms with Gasteiger partial charge in [0.1, 0.15) is 35.6 Å². The Bertz CT molecular complexity index is 1630. The first-order valence-corrected chi connectivity index (χ1v) is 21.2. The fourth-order valence-electron chi connectivity index (χ4n) is 4.56. The van der Waals surface area contributed by atoms with Crippen LogP contribution in [0.25, 0.3) is 10.9 Å². The average Bonchev–Trinajstić information content (AvgIpc) is 3.32. The van der Waals surface area contributed by atoms with Crippen LogP contribution in [0.3, 0.4) is 0 Å². The lowest BCUT2D eigenvalue weighted by atomic mass is 10.0. The Morgan fingerprint density at radius 3 is 2.12 bits per heavy atom. The van der Waals surface area contributed by atoms with Crippen molar-refractivity contribution in [2.45, 2.75) is 109 Å². The Morgan fingerprint density at radius 2 is 1.52 bits per heavy atom. The lowest BCUT2D eigenvalue weighted by molar-refractivity contribution is -0.156. The number of aromatic amines is 1. The summed E-state index contributed by atoms with van der Waals surface area (Å²) >= 11 is 1.20. The zero-order valence-electron chi connectivity index (χ0n) is 30.4. The van der Waals surface area contributed by atoms with Crippen molar-refractivity contribution >= 4 is 54.9 Å². The summed E-state index contributed by atoms with van der Waals surface area (Å²) in [6.07, 6.45) is -1.69. The predicted octanol–water partition coefficient (Wildman–Crippen LogP) is 7.13. The molecule has 1 heterocycles. The summed E-state index contributed by atoms with van der Waals surface area (Å²) in [6, 6.07) is 13.5. The number of aliphatic carboxylic acids is 1. The third kappa shape index (κ3) is 14.0. The van der Waals surface area contributed by atoms with E-state index in [2.05, 4.69) is 35.3 Å². The molecule has 0 fully saturated rings. The lowest BCUT2D eigenvalue weighted by Crippen LogP contribution is -2.47. The Kier molecular flexibility index (Phi) is 13.8. The van der Waals surface area contributed by atoms with Crippen LogP contribution < -0.4 is 15.4 Å². The molecule has 0 aliphatic carbocycles. The van der Waals surface area contributed by atoms with E-state index in [0.29, 0.717) is 33.8 Å². The van der Waals surface area contributed by atoms with E-state index in [1.165, 1.54) is 11.8 Å². The molecular formula is C36H51N3O9SSi. The van der Waals surface area contributed by atoms with Crippen molar-refractivity contribution in [2.75, 3.05) is 12.4 Å². The molecule has 2 unspecified atom stereocenters. The van der Waals surface area contributed by atoms with Crippen LogP contribution in [0.2, 0.25) is 25.7 Å². The molecule has 0 saturated heterocycles. The number of carboxylic acids is 1. The first-order valence-electron chi connectivity index (χ1n) is 16.5. The average molecular weight is 730 g/mol. The van der Waals surface area contributed by atoms with Crippen molar-refractivity contribution in [1.29, 1.82) is 0 Å². The molecular weight excluding hydrogens is 679 g/mol. The fourth-order valence-corrected chi connectivity index (χ4v) is 6.38. The van der Waals surface area contributed by atoms with Gasteiger partial charge in [0, 0.05) is 31.7 Å². The molecule has 50 heavy (non-hydrogen) atoms. The third-order valence-corrected chi connectivity index (χ3v) is 9.79. The molecule has 0 radical (unpaired) electrons. The van der Waals surface area contributed by atoms with Crippen LogP contribution in [-0.2, 0) is 36.8 Å². The normalized spacial score (nSPS) is 13.2. The molecule has 0 aliphatic rings. The summed E-state index contributed by atoms with van der Waals surface area (Å²) in [5.41, 5.74) is 0.629. The second-order valence-electron chi connectivity index (χ2n) is 15.1. The van der Waals surface area contributed by atoms with E-state index >= 15 is 0 Å². The number of rotatable bonds is 15. The monoisotopic (exact) mass is 729 g/mol. The van der Waals surface area contributed by atoms with E-state index in [0.717, 1.165) is 11.6 Å². The topological polar surface area (TPSA) is 165 Å². The SMILES string of the molecule is CC(C)(C)OC(=O)NC(CSc1[nH]c2cc(OCc3ccccc3)ccc2c1CC(NC(=O)OCC[Si](C)(C)C)C(=O)O)C(=O)OC(C)(C)C. The Hall–Kier alpha value is -4.17. The molecule has 274 valence electrons. The van der Waals surface area contributed by atoms with Crippen LogP contribution in [0.15, 0.2) is 53.6 Å². The summed E-state index contributed by atoms with van der Waals surface area (Å²) in [5.74, 6) is -1.28. The van der Waals surface area contributed by atoms with Gasteiger partial charge < -0.3 is 39.7 Å². The minimum Gasteiger partial charge on any atom is -0.489 e. The highest BCUT2D eigenvalue weighted by molar-refractivity contribution is 7.99. The van der Waals surface area contributed by atoms with Crippen LogP contribution >= 0.6 is 11.8 Å². The van der Waals surface area contributed by atoms with E-state index in [-0.39, 0.29) is 18.8 Å². The molecule has 0 aliphatic heterocycles. The molecule has 1 aromatic heterocycles. The second-order valence-corrected chi connectivity index (χ2v) is 21.8. The van der Waals surface area contributed by atoms with Crippen molar-refractivity contribution in [3.05, 3.63) is 59.7 Å². The quantitative estimate of drug-likeness (QED) is 0.0547. The van der Waals surface area contributed by atoms with Gasteiger partial charge in [0.15, 0.2) is 0 Å². The molecule has 0 saturated carbocycles. The van der Waals surface area contributed by atoms with E-state index in [1.807, 2.05) is 42.5 Å². The standard InChI is InChI=1S/C36H51N3O9SSi/c1-35(2,3)47-32(42)29(39-34(44)48-36(4,5)6)22-49-30-26(20-28(31(40)41)38-33(43)45-17-18-50(7,8)9)25-16-15-24(19-27(25)37-30)46-21-23-13-11-10-12-14-23/h10-16,19,28-29,37H,17-18,20-22H2,1-9H3,(H,38,43)(H,39,44)(H,40,41). The Labute approximate surface area is 299 Å². The highest BCUT2D eigenvalue weighted by atomic mass is 32.2. The number of carboxylic acid groups (broad SMARTS) is 1. The Balaban J connectivity index is 1.93. The van der Waals surface area contributed by atoms with Gasteiger partial charge in [-0.2, -0.15) is 0 Å². The maximum Gasteiger partial charge on any atom is 0.408 e. The fraction of sp³-hybridized carbons (Fsp3) is 0.500. The van der Waals surface area contributed by atoms with Crippen LogP contribution in [0.1, 0.15) is 52.7 Å². The number of esters is 1. The number of benzene rings is 2. The number of H-pyrrole nitrogens is 1. The molecule has 0 bridgehead atoms. The van der Waals surface area contributed by atoms with Gasteiger partial charge in [0.2, 0.25) is 0 Å². The molecule has 0 spiro atoms. The molecule has 2 amide bonds. The third-order valence-electron chi connectivity index (χ3n) is 6.95. The highest BCUT2D eigenvalue weighted by Crippen LogP contribution is 2.34. The molecule has 3 aromatic rings. The number of amides is 2. The van der Waals surface area contributed by atoms with Crippen LogP contribution in [0, 0.1) is 0 Å². The molecule has 4 N–H and O–H groups in total. The molecule has 3 rings (SSSR count). The summed E-state index contributed by atoms with van der Waals surface area (Å²) in [5, 5.41) is 16.5. The number of alkyl carbamates (subject to hydrolysis) is 2. The second kappa shape index (κ2) is 17.2. The number of hydrogen-bond acceptors (Lipinski definition) is 9. The number of thioether (sulfide) groups is 1. The maximum absolute atomic E-state index is 13.2. The first-order chi connectivity index (χ1) is 23.2. The van der Waals surface area contributed by atoms with Gasteiger partial charge in [-0.1, -0.05) is 50.0 Å². The largest absolute Gasteiger partial charge is 0.489 e. The summed E-state index contributed by atoms with van der Waals surface area (Å²) in [6.45, 7) is 17.3. The summed E-state index contributed by atoms with van der Waals surface area (Å²) in [4.78, 5) is 54.4. The van der Waals surface area contributed by atoms with Gasteiger partial charge in [-0.25, -0.2) is 19.2 Å². The predicted molar refractivity (Wildman–Crippen MR) is 197 cm³/mol. The van der Waals surface area contributed by atoms with Crippen molar-refractivity contribution in [3.8, 4) is 5.75 Å². The van der Waals surface area contributed by atoms with E-state index in [4.69, 9.17) is 18.9 Å². The Morgan fingerprint density at radius 1 is 0.880 bits per heavy atom. The van der Waals surface area contributed by atoms with Crippen LogP contribution in [-0.4, -0.2) is 77.9 Å². The number of carbonyl (C=O) groups is 4. The molecule has 12 nitrogen and oxygen atoms in total. The van der Waals surface area contributed by atoms with Gasteiger partial charge in [0.05, 0.1) is 17.1 Å². The number of hydrogen-bond donors (Lipinski definition) is 4. The van der Waals surface area contributed by atoms with Crippen LogP contribution in [0.5, 0.6) is 5.75 Å². The highest BCUT2D eigenvalue weighted by Gasteiger charge is 2.31. The maximum atomic E-state index is 13.2. The number of ether oxygens (including phenoxy) is 4. The van der Waals surface area contributed by atoms with E-state index in [9.17, 15) is 24.3 Å². The minimum atomic E-state index is -1.47. The number of nitrogens with one attached hydrogen (secondary N) is 3. The first kappa shape index (κ1) is 40.3. The van der Waals surface area contributed by atoms with Gasteiger partial charge in [-0.05, 0) is 70.8 Å². The van der Waals surface area contributed by atoms with Crippen molar-refractivity contribution in [3.63, 3.8) is 0 Å². The van der Waals surface area contributed by atoms with E-state index in [1.54, 1.807) is 47.6 Å². The van der Waals surface area contributed by atoms with Gasteiger partial charge in [-0.15, -0.1) is 11.8 Å². The van der Waals surface area contributed by atoms with Crippen molar-refractivity contribution in [2.24, 2.45) is 0 Å². The number of carbonyl (C=O) groups excluding carboxylic acids is 3. The number of aromatic nitrogens is 1. The van der Waals surface area contributed by atoms with Gasteiger partial charge in [0.25, 0.3) is 0 Å². The lowest BCUT2D eigenvalue weighted by Gasteiger charge is -2.26.